The van der Waals surface area contributed by atoms with Crippen LogP contribution in [0, 0.1) is 0 Å². The number of hydrogen-bond acceptors (Lipinski definition) is 3. The molecule has 0 aliphatic carbocycles. The van der Waals surface area contributed by atoms with E-state index in [-0.39, 0.29) is 31.0 Å². The Kier molecular flexibility index (Phi) is 5.58. The number of nitrogens with two attached hydrogens (primary N) is 1. The highest BCUT2D eigenvalue weighted by molar-refractivity contribution is 5.73. The maximum atomic E-state index is 12.0. The predicted molar refractivity (Wildman–Crippen MR) is 84.3 cm³/mol. The van der Waals surface area contributed by atoms with Crippen molar-refractivity contribution in [1.29, 1.82) is 0 Å². The number of nitrogens with zero attached hydrogens (tertiary/aromatic N) is 1. The van der Waals surface area contributed by atoms with E-state index in [4.69, 9.17) is 10.5 Å². The lowest BCUT2D eigenvalue weighted by Crippen LogP contribution is -2.42. The fourth-order valence-electron chi connectivity index (χ4n) is 2.76. The number of esters is 1. The lowest BCUT2D eigenvalue weighted by atomic mass is 9.96. The van der Waals surface area contributed by atoms with E-state index in [0.717, 1.165) is 18.4 Å². The first-order valence-electron chi connectivity index (χ1n) is 7.51. The van der Waals surface area contributed by atoms with Gasteiger partial charge in [0, 0.05) is 12.5 Å². The Labute approximate surface area is 130 Å². The summed E-state index contributed by atoms with van der Waals surface area (Å²) in [5.41, 5.74) is 6.34. The molecule has 0 bridgehead atoms. The number of allylic oxidation sites excluding steroid dienone is 1. The van der Waals surface area contributed by atoms with Crippen LogP contribution >= 0.6 is 0 Å². The summed E-state index contributed by atoms with van der Waals surface area (Å²) in [4.78, 5) is 24.8. The van der Waals surface area contributed by atoms with Crippen molar-refractivity contribution in [3.05, 3.63) is 48.6 Å². The number of ether oxygens (including phenoxy) is 1. The van der Waals surface area contributed by atoms with Crippen LogP contribution in [0.4, 0.5) is 4.79 Å². The van der Waals surface area contributed by atoms with Gasteiger partial charge < -0.3 is 15.4 Å². The first-order valence-corrected chi connectivity index (χ1v) is 7.51. The highest BCUT2D eigenvalue weighted by atomic mass is 16.5. The first kappa shape index (κ1) is 16.1. The van der Waals surface area contributed by atoms with Gasteiger partial charge in [0.15, 0.2) is 0 Å². The van der Waals surface area contributed by atoms with Crippen LogP contribution in [0.2, 0.25) is 0 Å². The van der Waals surface area contributed by atoms with Crippen LogP contribution in [-0.4, -0.2) is 36.1 Å². The first-order chi connectivity index (χ1) is 10.6. The quantitative estimate of drug-likeness (QED) is 0.648. The Morgan fingerprint density at radius 3 is 2.77 bits per heavy atom. The largest absolute Gasteiger partial charge is 0.463 e. The number of urea groups is 1. The molecular weight excluding hydrogens is 280 g/mol. The van der Waals surface area contributed by atoms with Gasteiger partial charge in [-0.1, -0.05) is 36.4 Å². The van der Waals surface area contributed by atoms with Gasteiger partial charge in [-0.05, 0) is 18.4 Å². The topological polar surface area (TPSA) is 72.6 Å². The molecule has 0 unspecified atom stereocenters. The summed E-state index contributed by atoms with van der Waals surface area (Å²) < 4.78 is 5.32. The molecule has 0 spiro atoms. The molecule has 2 amide bonds. The van der Waals surface area contributed by atoms with Gasteiger partial charge in [-0.3, -0.25) is 4.79 Å². The molecule has 0 radical (unpaired) electrons. The lowest BCUT2D eigenvalue weighted by molar-refractivity contribution is -0.145. The molecular formula is C17H22N2O3. The molecule has 2 atom stereocenters. The Hall–Kier alpha value is -2.30. The van der Waals surface area contributed by atoms with E-state index in [9.17, 15) is 9.59 Å². The van der Waals surface area contributed by atoms with Crippen LogP contribution < -0.4 is 5.73 Å². The second-order valence-electron chi connectivity index (χ2n) is 5.47. The average molecular weight is 302 g/mol. The molecule has 1 aromatic carbocycles. The monoisotopic (exact) mass is 302 g/mol. The highest BCUT2D eigenvalue weighted by Gasteiger charge is 2.28. The third kappa shape index (κ3) is 4.10. The van der Waals surface area contributed by atoms with Crippen LogP contribution in [0.25, 0.3) is 0 Å². The molecule has 1 aliphatic rings. The minimum absolute atomic E-state index is 0.0653. The maximum absolute atomic E-state index is 12.0. The fraction of sp³-hybridized carbons (Fsp3) is 0.412. The standard InChI is InChI=1S/C17H22N2O3/c1-2-13(14-7-4-3-5-8-14)11-16(20)22-12-15-9-6-10-19(15)17(18)21/h2-5,7-8,13,15H,1,6,9-12H2,(H2,18,21)/t13-,15-/m0/s1. The van der Waals surface area contributed by atoms with Gasteiger partial charge in [0.25, 0.3) is 0 Å². The van der Waals surface area contributed by atoms with Gasteiger partial charge >= 0.3 is 12.0 Å². The van der Waals surface area contributed by atoms with Gasteiger partial charge in [-0.2, -0.15) is 0 Å². The number of primary amides is 1. The average Bonchev–Trinajstić information content (AvgIpc) is 3.00. The Morgan fingerprint density at radius 2 is 2.14 bits per heavy atom. The summed E-state index contributed by atoms with van der Waals surface area (Å²) in [6.07, 6.45) is 3.71. The van der Waals surface area contributed by atoms with Crippen LogP contribution in [0.1, 0.15) is 30.7 Å². The SMILES string of the molecule is C=C[C@@H](CC(=O)OC[C@@H]1CCCN1C(N)=O)c1ccccc1. The van der Waals surface area contributed by atoms with Crippen molar-refractivity contribution < 1.29 is 14.3 Å². The van der Waals surface area contributed by atoms with E-state index < -0.39 is 6.03 Å². The zero-order valence-electron chi connectivity index (χ0n) is 12.6. The molecule has 0 aromatic heterocycles. The normalized spacial score (nSPS) is 18.7. The number of likely N-dealkylation sites (tertiary alicyclic amines) is 1. The van der Waals surface area contributed by atoms with E-state index in [1.54, 1.807) is 11.0 Å². The van der Waals surface area contributed by atoms with Crippen molar-refractivity contribution in [3.8, 4) is 0 Å². The molecule has 2 rings (SSSR count). The van der Waals surface area contributed by atoms with Crippen molar-refractivity contribution in [1.82, 2.24) is 4.90 Å². The zero-order valence-corrected chi connectivity index (χ0v) is 12.6. The maximum Gasteiger partial charge on any atom is 0.315 e. The number of hydrogen-bond donors (Lipinski definition) is 1. The van der Waals surface area contributed by atoms with E-state index in [2.05, 4.69) is 6.58 Å². The number of carbonyl (C=O) groups is 2. The second-order valence-corrected chi connectivity index (χ2v) is 5.47. The minimum Gasteiger partial charge on any atom is -0.463 e. The van der Waals surface area contributed by atoms with Gasteiger partial charge in [-0.25, -0.2) is 4.79 Å². The number of rotatable bonds is 6. The van der Waals surface area contributed by atoms with Gasteiger partial charge in [0.05, 0.1) is 12.5 Å². The zero-order chi connectivity index (χ0) is 15.9. The summed E-state index contributed by atoms with van der Waals surface area (Å²) >= 11 is 0. The predicted octanol–water partition coefficient (Wildman–Crippen LogP) is 2.43. The molecule has 1 aromatic rings. The third-order valence-electron chi connectivity index (χ3n) is 4.00. The number of amides is 2. The molecule has 118 valence electrons. The summed E-state index contributed by atoms with van der Waals surface area (Å²) in [6, 6.07) is 9.17. The van der Waals surface area contributed by atoms with Crippen molar-refractivity contribution in [2.45, 2.75) is 31.2 Å². The summed E-state index contributed by atoms with van der Waals surface area (Å²) in [5.74, 6) is -0.352. The molecule has 1 fully saturated rings. The van der Waals surface area contributed by atoms with Gasteiger partial charge in [0.2, 0.25) is 0 Å². The Morgan fingerprint density at radius 1 is 1.41 bits per heavy atom. The van der Waals surface area contributed by atoms with E-state index in [0.29, 0.717) is 6.54 Å². The second kappa shape index (κ2) is 7.64. The van der Waals surface area contributed by atoms with Crippen molar-refractivity contribution in [3.63, 3.8) is 0 Å². The van der Waals surface area contributed by atoms with E-state index >= 15 is 0 Å². The van der Waals surface area contributed by atoms with Crippen LogP contribution in [0.3, 0.4) is 0 Å². The molecule has 22 heavy (non-hydrogen) atoms. The number of carbonyl (C=O) groups excluding carboxylic acids is 2. The summed E-state index contributed by atoms with van der Waals surface area (Å²) in [6.45, 7) is 4.63. The van der Waals surface area contributed by atoms with Gasteiger partial charge in [-0.15, -0.1) is 6.58 Å². The molecule has 5 nitrogen and oxygen atoms in total. The minimum atomic E-state index is -0.452. The summed E-state index contributed by atoms with van der Waals surface area (Å²) in [7, 11) is 0. The molecule has 1 saturated heterocycles. The van der Waals surface area contributed by atoms with Gasteiger partial charge in [0.1, 0.15) is 6.61 Å². The summed E-state index contributed by atoms with van der Waals surface area (Å²) in [5, 5.41) is 0. The molecule has 5 heteroatoms. The third-order valence-corrected chi connectivity index (χ3v) is 4.00. The van der Waals surface area contributed by atoms with Crippen LogP contribution in [-0.2, 0) is 9.53 Å². The van der Waals surface area contributed by atoms with Crippen molar-refractivity contribution in [2.24, 2.45) is 5.73 Å². The van der Waals surface area contributed by atoms with Crippen molar-refractivity contribution >= 4 is 12.0 Å². The molecule has 1 aliphatic heterocycles. The fourth-order valence-corrected chi connectivity index (χ4v) is 2.76. The highest BCUT2D eigenvalue weighted by Crippen LogP contribution is 2.22. The Balaban J connectivity index is 1.85. The Bertz CT molecular complexity index is 530. The molecule has 1 heterocycles. The lowest BCUT2D eigenvalue weighted by Gasteiger charge is -2.22. The molecule has 2 N–H and O–H groups in total. The van der Waals surface area contributed by atoms with Crippen LogP contribution in [0.15, 0.2) is 43.0 Å². The van der Waals surface area contributed by atoms with Crippen LogP contribution in [0.5, 0.6) is 0 Å². The molecule has 0 saturated carbocycles. The number of benzene rings is 1. The van der Waals surface area contributed by atoms with E-state index in [1.165, 1.54) is 0 Å². The van der Waals surface area contributed by atoms with E-state index in [1.807, 2.05) is 30.3 Å². The smallest absolute Gasteiger partial charge is 0.315 e. The van der Waals surface area contributed by atoms with Crippen molar-refractivity contribution in [2.75, 3.05) is 13.2 Å².